The summed E-state index contributed by atoms with van der Waals surface area (Å²) in [6, 6.07) is 10.4. The van der Waals surface area contributed by atoms with Gasteiger partial charge in [0.15, 0.2) is 5.82 Å². The van der Waals surface area contributed by atoms with Gasteiger partial charge < -0.3 is 16.4 Å². The van der Waals surface area contributed by atoms with Gasteiger partial charge in [-0.05, 0) is 56.2 Å². The lowest BCUT2D eigenvalue weighted by Crippen LogP contribution is -2.43. The first-order valence-electron chi connectivity index (χ1n) is 11.0. The quantitative estimate of drug-likeness (QED) is 0.564. The van der Waals surface area contributed by atoms with Crippen molar-refractivity contribution in [1.29, 1.82) is 5.26 Å². The molecule has 0 bridgehead atoms. The Morgan fingerprint density at radius 2 is 1.91 bits per heavy atom. The second kappa shape index (κ2) is 9.31. The zero-order valence-corrected chi connectivity index (χ0v) is 18.6. The summed E-state index contributed by atoms with van der Waals surface area (Å²) in [6.07, 6.45) is 6.75. The van der Waals surface area contributed by atoms with Crippen LogP contribution in [0.3, 0.4) is 0 Å². The number of anilines is 1. The number of nitrogens with zero attached hydrogens (tertiary/aromatic N) is 3. The van der Waals surface area contributed by atoms with Gasteiger partial charge in [-0.1, -0.05) is 23.7 Å². The standard InChI is InChI=1S/C23H27ClN6O2/c24-17-5-1-15(2-6-17)13-27-18-7-9-23(10-8-18,11-12-25)30-14-19(20(26)31)21(29-30)28-22(32)16-3-4-16/h1-2,5-6,14,16,18,27H,3-4,7-11,13H2,(H2,26,31)(H,28,29,32)/t18-,23+. The van der Waals surface area contributed by atoms with Gasteiger partial charge in [0.1, 0.15) is 5.56 Å². The molecule has 2 saturated carbocycles. The number of aromatic nitrogens is 2. The molecule has 2 aromatic rings. The molecule has 0 spiro atoms. The first kappa shape index (κ1) is 22.3. The van der Waals surface area contributed by atoms with Gasteiger partial charge in [0.25, 0.3) is 5.91 Å². The van der Waals surface area contributed by atoms with Crippen LogP contribution in [0.15, 0.2) is 30.5 Å². The fraction of sp³-hybridized carbons (Fsp3) is 0.478. The molecule has 4 N–H and O–H groups in total. The van der Waals surface area contributed by atoms with Gasteiger partial charge in [0, 0.05) is 29.7 Å². The maximum atomic E-state index is 12.2. The van der Waals surface area contributed by atoms with Crippen LogP contribution in [0.2, 0.25) is 5.02 Å². The molecule has 2 aliphatic rings. The van der Waals surface area contributed by atoms with E-state index in [-0.39, 0.29) is 29.6 Å². The van der Waals surface area contributed by atoms with Crippen molar-refractivity contribution in [2.45, 2.75) is 63.1 Å². The van der Waals surface area contributed by atoms with Gasteiger partial charge in [0.05, 0.1) is 18.0 Å². The summed E-state index contributed by atoms with van der Waals surface area (Å²) in [4.78, 5) is 24.2. The van der Waals surface area contributed by atoms with Crippen molar-refractivity contribution in [2.75, 3.05) is 5.32 Å². The lowest BCUT2D eigenvalue weighted by Gasteiger charge is -2.39. The van der Waals surface area contributed by atoms with Gasteiger partial charge in [0.2, 0.25) is 5.91 Å². The zero-order valence-electron chi connectivity index (χ0n) is 17.8. The fourth-order valence-electron chi connectivity index (χ4n) is 4.31. The van der Waals surface area contributed by atoms with E-state index in [9.17, 15) is 14.9 Å². The van der Waals surface area contributed by atoms with E-state index in [1.54, 1.807) is 10.9 Å². The van der Waals surface area contributed by atoms with Crippen LogP contribution in [0.25, 0.3) is 0 Å². The third-order valence-electron chi connectivity index (χ3n) is 6.49. The molecule has 2 fully saturated rings. The van der Waals surface area contributed by atoms with Gasteiger partial charge >= 0.3 is 0 Å². The minimum atomic E-state index is -0.646. The number of nitrogens with two attached hydrogens (primary N) is 1. The highest BCUT2D eigenvalue weighted by atomic mass is 35.5. The van der Waals surface area contributed by atoms with E-state index in [0.29, 0.717) is 6.04 Å². The van der Waals surface area contributed by atoms with Crippen LogP contribution in [-0.2, 0) is 16.9 Å². The Bertz CT molecular complexity index is 1030. The number of amides is 2. The molecule has 168 valence electrons. The van der Waals surface area contributed by atoms with Gasteiger partial charge in [-0.3, -0.25) is 14.3 Å². The highest BCUT2D eigenvalue weighted by Gasteiger charge is 2.39. The Balaban J connectivity index is 1.46. The van der Waals surface area contributed by atoms with Crippen molar-refractivity contribution in [2.24, 2.45) is 11.7 Å². The topological polar surface area (TPSA) is 126 Å². The van der Waals surface area contributed by atoms with Gasteiger partial charge in [-0.2, -0.15) is 10.4 Å². The fourth-order valence-corrected chi connectivity index (χ4v) is 4.44. The smallest absolute Gasteiger partial charge is 0.254 e. The van der Waals surface area contributed by atoms with Crippen LogP contribution in [0, 0.1) is 17.2 Å². The second-order valence-corrected chi connectivity index (χ2v) is 9.24. The summed E-state index contributed by atoms with van der Waals surface area (Å²) in [5, 5.41) is 21.1. The molecule has 0 atom stereocenters. The van der Waals surface area contributed by atoms with Crippen molar-refractivity contribution < 1.29 is 9.59 Å². The number of nitrogens with one attached hydrogen (secondary N) is 2. The highest BCUT2D eigenvalue weighted by Crippen LogP contribution is 2.39. The van der Waals surface area contributed by atoms with E-state index in [1.807, 2.05) is 24.3 Å². The molecule has 8 nitrogen and oxygen atoms in total. The van der Waals surface area contributed by atoms with E-state index in [2.05, 4.69) is 21.8 Å². The summed E-state index contributed by atoms with van der Waals surface area (Å²) in [7, 11) is 0. The number of hydrogen-bond acceptors (Lipinski definition) is 5. The van der Waals surface area contributed by atoms with Gasteiger partial charge in [-0.25, -0.2) is 0 Å². The van der Waals surface area contributed by atoms with Crippen LogP contribution in [0.5, 0.6) is 0 Å². The molecule has 1 aromatic carbocycles. The molecule has 0 aliphatic heterocycles. The van der Waals surface area contributed by atoms with E-state index in [4.69, 9.17) is 17.3 Å². The van der Waals surface area contributed by atoms with Crippen LogP contribution in [0.1, 0.15) is 60.9 Å². The average Bonchev–Trinajstić information content (AvgIpc) is 3.54. The maximum Gasteiger partial charge on any atom is 0.254 e. The lowest BCUT2D eigenvalue weighted by molar-refractivity contribution is -0.117. The summed E-state index contributed by atoms with van der Waals surface area (Å²) in [6.45, 7) is 0.748. The summed E-state index contributed by atoms with van der Waals surface area (Å²) in [5.74, 6) is -0.610. The minimum Gasteiger partial charge on any atom is -0.365 e. The molecular weight excluding hydrogens is 428 g/mol. The van der Waals surface area contributed by atoms with Crippen molar-refractivity contribution >= 4 is 29.2 Å². The second-order valence-electron chi connectivity index (χ2n) is 8.80. The Kier molecular flexibility index (Phi) is 6.49. The number of nitriles is 1. The third-order valence-corrected chi connectivity index (χ3v) is 6.74. The van der Waals surface area contributed by atoms with Gasteiger partial charge in [-0.15, -0.1) is 0 Å². The molecule has 0 saturated heterocycles. The van der Waals surface area contributed by atoms with E-state index < -0.39 is 11.4 Å². The molecule has 1 heterocycles. The highest BCUT2D eigenvalue weighted by molar-refractivity contribution is 6.30. The predicted molar refractivity (Wildman–Crippen MR) is 121 cm³/mol. The number of hydrogen-bond donors (Lipinski definition) is 3. The van der Waals surface area contributed by atoms with Crippen molar-refractivity contribution in [3.8, 4) is 6.07 Å². The maximum absolute atomic E-state index is 12.2. The largest absolute Gasteiger partial charge is 0.365 e. The number of primary amides is 1. The Hall–Kier alpha value is -2.89. The predicted octanol–water partition coefficient (Wildman–Crippen LogP) is 3.33. The Labute approximate surface area is 192 Å². The van der Waals surface area contributed by atoms with Crippen LogP contribution in [0.4, 0.5) is 5.82 Å². The first-order valence-corrected chi connectivity index (χ1v) is 11.3. The van der Waals surface area contributed by atoms with Crippen molar-refractivity contribution in [3.63, 3.8) is 0 Å². The number of halogens is 1. The molecular formula is C23H27ClN6O2. The summed E-state index contributed by atoms with van der Waals surface area (Å²) >= 11 is 5.95. The molecule has 9 heteroatoms. The normalized spacial score (nSPS) is 22.8. The third kappa shape index (κ3) is 4.95. The average molecular weight is 455 g/mol. The number of carbonyl (C=O) groups is 2. The monoisotopic (exact) mass is 454 g/mol. The Morgan fingerprint density at radius 1 is 1.22 bits per heavy atom. The minimum absolute atomic E-state index is 0.0175. The van der Waals surface area contributed by atoms with E-state index >= 15 is 0 Å². The molecule has 1 aromatic heterocycles. The number of benzene rings is 1. The van der Waals surface area contributed by atoms with Crippen LogP contribution < -0.4 is 16.4 Å². The zero-order chi connectivity index (χ0) is 22.7. The molecule has 2 amide bonds. The van der Waals surface area contributed by atoms with Crippen molar-refractivity contribution in [1.82, 2.24) is 15.1 Å². The van der Waals surface area contributed by atoms with Crippen molar-refractivity contribution in [3.05, 3.63) is 46.6 Å². The molecule has 0 radical (unpaired) electrons. The molecule has 32 heavy (non-hydrogen) atoms. The lowest BCUT2D eigenvalue weighted by atomic mass is 9.77. The summed E-state index contributed by atoms with van der Waals surface area (Å²) < 4.78 is 1.69. The number of rotatable bonds is 8. The van der Waals surface area contributed by atoms with E-state index in [0.717, 1.165) is 55.7 Å². The molecule has 0 unspecified atom stereocenters. The number of carbonyl (C=O) groups excluding carboxylic acids is 2. The molecule has 4 rings (SSSR count). The molecule has 2 aliphatic carbocycles. The summed E-state index contributed by atoms with van der Waals surface area (Å²) in [5.41, 5.74) is 6.36. The SMILES string of the molecule is N#CC[C@]1(n2cc(C(N)=O)c(NC(=O)C3CC3)n2)CC[C@@H](NCc2ccc(Cl)cc2)CC1. The first-order chi connectivity index (χ1) is 15.4. The van der Waals surface area contributed by atoms with E-state index in [1.165, 1.54) is 0 Å². The van der Waals surface area contributed by atoms with Crippen LogP contribution in [-0.4, -0.2) is 27.6 Å². The van der Waals surface area contributed by atoms with Crippen LogP contribution >= 0.6 is 11.6 Å². The Morgan fingerprint density at radius 3 is 2.50 bits per heavy atom.